The zero-order chi connectivity index (χ0) is 18.4. The quantitative estimate of drug-likeness (QED) is 0.723. The number of hydrogen-bond acceptors (Lipinski definition) is 4. The largest absolute Gasteiger partial charge is 0.507 e. The van der Waals surface area contributed by atoms with Crippen LogP contribution < -0.4 is 5.32 Å². The Morgan fingerprint density at radius 1 is 1.00 bits per heavy atom. The van der Waals surface area contributed by atoms with Crippen molar-refractivity contribution >= 4 is 27.7 Å². The van der Waals surface area contributed by atoms with E-state index < -0.39 is 0 Å². The van der Waals surface area contributed by atoms with Crippen molar-refractivity contribution in [2.75, 3.05) is 0 Å². The zero-order valence-corrected chi connectivity index (χ0v) is 16.1. The van der Waals surface area contributed by atoms with Crippen LogP contribution in [0.25, 0.3) is 5.57 Å². The Labute approximate surface area is 147 Å². The van der Waals surface area contributed by atoms with Crippen LogP contribution in [0.2, 0.25) is 0 Å². The number of allylic oxidation sites excluding steroid dienone is 1. The minimum Gasteiger partial charge on any atom is -0.507 e. The van der Waals surface area contributed by atoms with Gasteiger partial charge in [-0.1, -0.05) is 41.5 Å². The summed E-state index contributed by atoms with van der Waals surface area (Å²) in [4.78, 5) is 23.5. The zero-order valence-electron chi connectivity index (χ0n) is 15.3. The summed E-state index contributed by atoms with van der Waals surface area (Å²) in [6.45, 7) is 14.1. The van der Waals surface area contributed by atoms with Gasteiger partial charge in [-0.25, -0.2) is 0 Å². The Morgan fingerprint density at radius 2 is 1.46 bits per heavy atom. The first-order valence-electron chi connectivity index (χ1n) is 7.94. The van der Waals surface area contributed by atoms with Crippen LogP contribution in [0.3, 0.4) is 0 Å². The average molecular weight is 347 g/mol. The van der Waals surface area contributed by atoms with Crippen molar-refractivity contribution in [3.05, 3.63) is 34.5 Å². The second-order valence-electron chi connectivity index (χ2n) is 8.22. The van der Waals surface area contributed by atoms with E-state index in [1.165, 1.54) is 0 Å². The number of hydrogen-bond donors (Lipinski definition) is 2. The molecule has 5 heteroatoms. The van der Waals surface area contributed by atoms with E-state index in [1.54, 1.807) is 0 Å². The van der Waals surface area contributed by atoms with Gasteiger partial charge >= 0.3 is 0 Å². The lowest BCUT2D eigenvalue weighted by Crippen LogP contribution is -2.18. The van der Waals surface area contributed by atoms with Crippen molar-refractivity contribution in [1.29, 1.82) is 0 Å². The molecule has 1 aliphatic heterocycles. The van der Waals surface area contributed by atoms with Gasteiger partial charge in [-0.15, -0.1) is 0 Å². The second kappa shape index (κ2) is 5.96. The number of rotatable bonds is 1. The van der Waals surface area contributed by atoms with E-state index in [0.29, 0.717) is 28.8 Å². The molecule has 0 radical (unpaired) electrons. The number of amides is 1. The summed E-state index contributed by atoms with van der Waals surface area (Å²) in [5, 5.41) is 12.8. The molecule has 0 unspecified atom stereocenters. The van der Waals surface area contributed by atoms with Crippen LogP contribution in [0.1, 0.15) is 65.2 Å². The maximum Gasteiger partial charge on any atom is 0.291 e. The van der Waals surface area contributed by atoms with Crippen LogP contribution in [-0.4, -0.2) is 15.5 Å². The molecule has 0 bridgehead atoms. The van der Waals surface area contributed by atoms with E-state index in [0.717, 1.165) is 16.7 Å². The number of thioether (sulfide) groups is 1. The fraction of sp³-hybridized carbons (Fsp3) is 0.474. The van der Waals surface area contributed by atoms with Gasteiger partial charge in [0.25, 0.3) is 5.24 Å². The summed E-state index contributed by atoms with van der Waals surface area (Å²) in [6, 6.07) is 3.82. The monoisotopic (exact) mass is 347 g/mol. The van der Waals surface area contributed by atoms with Crippen LogP contribution >= 0.6 is 11.8 Å². The second-order valence-corrected chi connectivity index (χ2v) is 9.17. The van der Waals surface area contributed by atoms with Crippen molar-refractivity contribution < 1.29 is 14.7 Å². The molecular formula is C19H25NO3S. The minimum atomic E-state index is -0.347. The van der Waals surface area contributed by atoms with E-state index in [9.17, 15) is 14.7 Å². The van der Waals surface area contributed by atoms with E-state index in [-0.39, 0.29) is 21.2 Å². The molecule has 1 aromatic carbocycles. The van der Waals surface area contributed by atoms with Gasteiger partial charge in [-0.05, 0) is 41.0 Å². The molecule has 0 aliphatic carbocycles. The predicted octanol–water partition coefficient (Wildman–Crippen LogP) is 4.70. The molecule has 1 heterocycles. The lowest BCUT2D eigenvalue weighted by molar-refractivity contribution is -0.107. The van der Waals surface area contributed by atoms with Gasteiger partial charge in [0.15, 0.2) is 0 Å². The van der Waals surface area contributed by atoms with Crippen molar-refractivity contribution in [2.45, 2.75) is 59.3 Å². The van der Waals surface area contributed by atoms with E-state index in [1.807, 2.05) is 60.6 Å². The molecule has 1 amide bonds. The summed E-state index contributed by atoms with van der Waals surface area (Å²) >= 11 is 0.678. The number of carbonyl (C=O) groups is 2. The van der Waals surface area contributed by atoms with Crippen molar-refractivity contribution in [3.8, 4) is 5.75 Å². The van der Waals surface area contributed by atoms with Crippen LogP contribution in [0.5, 0.6) is 5.75 Å². The van der Waals surface area contributed by atoms with Crippen molar-refractivity contribution in [3.63, 3.8) is 0 Å². The number of phenolic OH excluding ortho intramolecular Hbond substituents is 1. The summed E-state index contributed by atoms with van der Waals surface area (Å²) in [7, 11) is 0. The SMILES string of the molecule is CC(=C1NC(=O)SC1=O)c1cc(C(C)(C)C)c(O)c(C(C)(C)C)c1. The topological polar surface area (TPSA) is 66.4 Å². The maximum atomic E-state index is 12.0. The van der Waals surface area contributed by atoms with Gasteiger partial charge in [0.2, 0.25) is 5.12 Å². The first-order valence-corrected chi connectivity index (χ1v) is 8.76. The van der Waals surface area contributed by atoms with Crippen LogP contribution in [-0.2, 0) is 15.6 Å². The van der Waals surface area contributed by atoms with Gasteiger partial charge in [0.1, 0.15) is 11.4 Å². The summed E-state index contributed by atoms with van der Waals surface area (Å²) in [6.07, 6.45) is 0. The first-order chi connectivity index (χ1) is 10.8. The fourth-order valence-electron chi connectivity index (χ4n) is 2.70. The highest BCUT2D eigenvalue weighted by Crippen LogP contribution is 2.41. The molecular weight excluding hydrogens is 322 g/mol. The molecule has 0 atom stereocenters. The molecule has 2 rings (SSSR count). The van der Waals surface area contributed by atoms with Gasteiger partial charge in [0, 0.05) is 22.9 Å². The molecule has 1 saturated heterocycles. The van der Waals surface area contributed by atoms with E-state index in [2.05, 4.69) is 5.32 Å². The summed E-state index contributed by atoms with van der Waals surface area (Å²) in [5.41, 5.74) is 3.05. The first kappa shape index (κ1) is 18.6. The molecule has 24 heavy (non-hydrogen) atoms. The summed E-state index contributed by atoms with van der Waals surface area (Å²) in [5.74, 6) is 0.299. The molecule has 0 aromatic heterocycles. The van der Waals surface area contributed by atoms with Gasteiger partial charge in [-0.2, -0.15) is 0 Å². The fourth-order valence-corrected chi connectivity index (χ4v) is 3.33. The highest BCUT2D eigenvalue weighted by atomic mass is 32.2. The number of aromatic hydroxyl groups is 1. The van der Waals surface area contributed by atoms with Crippen LogP contribution in [0.4, 0.5) is 4.79 Å². The highest BCUT2D eigenvalue weighted by Gasteiger charge is 2.30. The molecule has 130 valence electrons. The molecule has 0 saturated carbocycles. The lowest BCUT2D eigenvalue weighted by atomic mass is 9.77. The Hall–Kier alpha value is -1.75. The maximum absolute atomic E-state index is 12.0. The predicted molar refractivity (Wildman–Crippen MR) is 99.2 cm³/mol. The molecule has 1 aliphatic rings. The van der Waals surface area contributed by atoms with Crippen molar-refractivity contribution in [2.24, 2.45) is 0 Å². The number of benzene rings is 1. The third kappa shape index (κ3) is 3.51. The third-order valence-electron chi connectivity index (χ3n) is 4.15. The molecule has 1 aromatic rings. The highest BCUT2D eigenvalue weighted by molar-refractivity contribution is 8.27. The third-order valence-corrected chi connectivity index (χ3v) is 4.83. The Balaban J connectivity index is 2.74. The standard InChI is InChI=1S/C19H25NO3S/c1-10(14-16(22)24-17(23)20-14)11-8-12(18(2,3)4)15(21)13(9-11)19(5,6)7/h8-9,21H,1-7H3,(H,20,23). The number of phenols is 1. The molecule has 4 nitrogen and oxygen atoms in total. The Kier molecular flexibility index (Phi) is 4.61. The number of nitrogens with one attached hydrogen (secondary N) is 1. The van der Waals surface area contributed by atoms with Gasteiger partial charge < -0.3 is 10.4 Å². The van der Waals surface area contributed by atoms with E-state index >= 15 is 0 Å². The molecule has 0 spiro atoms. The van der Waals surface area contributed by atoms with E-state index in [4.69, 9.17) is 0 Å². The van der Waals surface area contributed by atoms with Crippen molar-refractivity contribution in [1.82, 2.24) is 5.32 Å². The normalized spacial score (nSPS) is 18.0. The minimum absolute atomic E-state index is 0.247. The van der Waals surface area contributed by atoms with Crippen LogP contribution in [0.15, 0.2) is 17.8 Å². The Bertz CT molecular complexity index is 714. The summed E-state index contributed by atoms with van der Waals surface area (Å²) < 4.78 is 0. The average Bonchev–Trinajstić information content (AvgIpc) is 2.74. The molecule has 2 N–H and O–H groups in total. The lowest BCUT2D eigenvalue weighted by Gasteiger charge is -2.28. The van der Waals surface area contributed by atoms with Gasteiger partial charge in [0.05, 0.1) is 0 Å². The van der Waals surface area contributed by atoms with Gasteiger partial charge in [-0.3, -0.25) is 9.59 Å². The van der Waals surface area contributed by atoms with Crippen LogP contribution in [0, 0.1) is 0 Å². The smallest absolute Gasteiger partial charge is 0.291 e. The number of carbonyl (C=O) groups excluding carboxylic acids is 2. The Morgan fingerprint density at radius 3 is 1.79 bits per heavy atom. The molecule has 1 fully saturated rings.